The fraction of sp³-hybridized carbons (Fsp3) is 0.0870. The number of methoxy groups -OCH3 is 2. The summed E-state index contributed by atoms with van der Waals surface area (Å²) in [5.74, 6) is 0.824. The lowest BCUT2D eigenvalue weighted by molar-refractivity contribution is 0.0950. The van der Waals surface area contributed by atoms with Crippen LogP contribution in [0.5, 0.6) is 11.5 Å². The number of carbonyl (C=O) groups excluding carboxylic acids is 1. The Hall–Kier alpha value is -4.13. The molecule has 4 aromatic rings. The van der Waals surface area contributed by atoms with Gasteiger partial charge >= 0.3 is 0 Å². The summed E-state index contributed by atoms with van der Waals surface area (Å²) >= 11 is 0. The highest BCUT2D eigenvalue weighted by Crippen LogP contribution is 2.27. The molecular weight excluding hydrogens is 380 g/mol. The van der Waals surface area contributed by atoms with E-state index in [4.69, 9.17) is 9.47 Å². The minimum Gasteiger partial charge on any atom is -0.493 e. The van der Waals surface area contributed by atoms with E-state index in [2.05, 4.69) is 26.8 Å². The Kier molecular flexibility index (Phi) is 5.43. The number of fused-ring (bicyclic) bond motifs is 1. The zero-order chi connectivity index (χ0) is 20.9. The average molecular weight is 400 g/mol. The second-order valence-electron chi connectivity index (χ2n) is 6.54. The van der Waals surface area contributed by atoms with Crippen LogP contribution in [0.25, 0.3) is 22.0 Å². The Morgan fingerprint density at radius 1 is 0.967 bits per heavy atom. The standard InChI is InChI=1S/C23H20N4O3/c1-29-21-10-7-15(11-22(21)30-2)14-24-27-23(28)20-13-19(25-26-20)18-9-8-16-5-3-4-6-17(16)12-18/h3-14H,1-2H3,(H,25,26)(H,27,28). The van der Waals surface area contributed by atoms with Crippen LogP contribution in [0.1, 0.15) is 16.1 Å². The number of nitrogens with zero attached hydrogens (tertiary/aromatic N) is 2. The first-order chi connectivity index (χ1) is 14.7. The molecule has 0 atom stereocenters. The maximum absolute atomic E-state index is 12.4. The number of amides is 1. The van der Waals surface area contributed by atoms with Crippen molar-refractivity contribution in [2.45, 2.75) is 0 Å². The zero-order valence-corrected chi connectivity index (χ0v) is 16.5. The van der Waals surface area contributed by atoms with Gasteiger partial charge in [0.1, 0.15) is 5.69 Å². The topological polar surface area (TPSA) is 88.6 Å². The highest BCUT2D eigenvalue weighted by atomic mass is 16.5. The van der Waals surface area contributed by atoms with Gasteiger partial charge in [0.15, 0.2) is 11.5 Å². The maximum atomic E-state index is 12.4. The minimum atomic E-state index is -0.383. The van der Waals surface area contributed by atoms with E-state index in [9.17, 15) is 4.79 Å². The van der Waals surface area contributed by atoms with Crippen LogP contribution in [0.4, 0.5) is 0 Å². The molecule has 0 aliphatic rings. The molecule has 1 aromatic heterocycles. The van der Waals surface area contributed by atoms with Gasteiger partial charge < -0.3 is 9.47 Å². The molecule has 7 nitrogen and oxygen atoms in total. The molecule has 150 valence electrons. The molecule has 0 spiro atoms. The molecular formula is C23H20N4O3. The van der Waals surface area contributed by atoms with Crippen LogP contribution in [0.2, 0.25) is 0 Å². The van der Waals surface area contributed by atoms with Crippen LogP contribution in [0.3, 0.4) is 0 Å². The minimum absolute atomic E-state index is 0.322. The molecule has 1 heterocycles. The van der Waals surface area contributed by atoms with Gasteiger partial charge in [-0.15, -0.1) is 0 Å². The molecule has 2 N–H and O–H groups in total. The molecule has 0 bridgehead atoms. The number of nitrogens with one attached hydrogen (secondary N) is 2. The molecule has 30 heavy (non-hydrogen) atoms. The summed E-state index contributed by atoms with van der Waals surface area (Å²) in [4.78, 5) is 12.4. The summed E-state index contributed by atoms with van der Waals surface area (Å²) in [6.07, 6.45) is 1.53. The molecule has 3 aromatic carbocycles. The number of aromatic amines is 1. The lowest BCUT2D eigenvalue weighted by Gasteiger charge is -2.07. The van der Waals surface area contributed by atoms with Crippen molar-refractivity contribution in [3.63, 3.8) is 0 Å². The van der Waals surface area contributed by atoms with Gasteiger partial charge in [-0.1, -0.05) is 36.4 Å². The summed E-state index contributed by atoms with van der Waals surface area (Å²) in [6, 6.07) is 21.2. The number of ether oxygens (including phenoxy) is 2. The number of H-pyrrole nitrogens is 1. The van der Waals surface area contributed by atoms with Gasteiger partial charge in [0.25, 0.3) is 5.91 Å². The van der Waals surface area contributed by atoms with Crippen LogP contribution >= 0.6 is 0 Å². The molecule has 0 aliphatic heterocycles. The van der Waals surface area contributed by atoms with Crippen molar-refractivity contribution in [1.82, 2.24) is 15.6 Å². The van der Waals surface area contributed by atoms with Crippen molar-refractivity contribution in [2.75, 3.05) is 14.2 Å². The molecule has 7 heteroatoms. The number of hydrogen-bond donors (Lipinski definition) is 2. The highest BCUT2D eigenvalue weighted by Gasteiger charge is 2.11. The van der Waals surface area contributed by atoms with Crippen molar-refractivity contribution in [3.8, 4) is 22.8 Å². The number of hydrogen-bond acceptors (Lipinski definition) is 5. The Balaban J connectivity index is 1.45. The van der Waals surface area contributed by atoms with Crippen molar-refractivity contribution in [1.29, 1.82) is 0 Å². The van der Waals surface area contributed by atoms with Gasteiger partial charge in [-0.25, -0.2) is 5.43 Å². The highest BCUT2D eigenvalue weighted by molar-refractivity contribution is 5.94. The maximum Gasteiger partial charge on any atom is 0.289 e. The fourth-order valence-electron chi connectivity index (χ4n) is 3.09. The van der Waals surface area contributed by atoms with Crippen LogP contribution in [-0.2, 0) is 0 Å². The van der Waals surface area contributed by atoms with Crippen LogP contribution in [0, 0.1) is 0 Å². The van der Waals surface area contributed by atoms with Crippen molar-refractivity contribution in [3.05, 3.63) is 78.0 Å². The van der Waals surface area contributed by atoms with E-state index in [0.717, 1.165) is 21.9 Å². The van der Waals surface area contributed by atoms with Crippen molar-refractivity contribution in [2.24, 2.45) is 5.10 Å². The van der Waals surface area contributed by atoms with E-state index in [-0.39, 0.29) is 5.91 Å². The second kappa shape index (κ2) is 8.48. The molecule has 0 saturated heterocycles. The lowest BCUT2D eigenvalue weighted by Crippen LogP contribution is -2.18. The Labute approximate surface area is 173 Å². The van der Waals surface area contributed by atoms with E-state index >= 15 is 0 Å². The fourth-order valence-corrected chi connectivity index (χ4v) is 3.09. The van der Waals surface area contributed by atoms with Gasteiger partial charge in [-0.2, -0.15) is 10.2 Å². The summed E-state index contributed by atoms with van der Waals surface area (Å²) in [7, 11) is 3.13. The van der Waals surface area contributed by atoms with E-state index in [0.29, 0.717) is 22.9 Å². The van der Waals surface area contributed by atoms with Crippen LogP contribution < -0.4 is 14.9 Å². The summed E-state index contributed by atoms with van der Waals surface area (Å²) in [5, 5.41) is 13.3. The number of benzene rings is 3. The summed E-state index contributed by atoms with van der Waals surface area (Å²) < 4.78 is 10.5. The molecule has 0 unspecified atom stereocenters. The summed E-state index contributed by atoms with van der Waals surface area (Å²) in [5.41, 5.74) is 5.19. The number of aromatic nitrogens is 2. The van der Waals surface area contributed by atoms with Crippen LogP contribution in [-0.4, -0.2) is 36.5 Å². The molecule has 0 saturated carbocycles. The van der Waals surface area contributed by atoms with Gasteiger partial charge in [0.2, 0.25) is 0 Å². The Bertz CT molecular complexity index is 1230. The third-order valence-corrected chi connectivity index (χ3v) is 4.66. The molecule has 0 radical (unpaired) electrons. The number of rotatable bonds is 6. The third-order valence-electron chi connectivity index (χ3n) is 4.66. The van der Waals surface area contributed by atoms with Crippen molar-refractivity contribution < 1.29 is 14.3 Å². The number of hydrazone groups is 1. The lowest BCUT2D eigenvalue weighted by atomic mass is 10.1. The molecule has 0 fully saturated rings. The van der Waals surface area contributed by atoms with Gasteiger partial charge in [0.05, 0.1) is 26.1 Å². The van der Waals surface area contributed by atoms with E-state index in [1.54, 1.807) is 32.4 Å². The van der Waals surface area contributed by atoms with E-state index in [1.807, 2.05) is 42.5 Å². The SMILES string of the molecule is COc1ccc(C=NNC(=O)c2cc(-c3ccc4ccccc4c3)n[nH]2)cc1OC. The molecule has 0 aliphatic carbocycles. The summed E-state index contributed by atoms with van der Waals surface area (Å²) in [6.45, 7) is 0. The molecule has 1 amide bonds. The third kappa shape index (κ3) is 4.00. The largest absolute Gasteiger partial charge is 0.493 e. The van der Waals surface area contributed by atoms with Crippen molar-refractivity contribution >= 4 is 22.9 Å². The monoisotopic (exact) mass is 400 g/mol. The predicted molar refractivity (Wildman–Crippen MR) is 116 cm³/mol. The van der Waals surface area contributed by atoms with Gasteiger partial charge in [-0.3, -0.25) is 9.89 Å². The quantitative estimate of drug-likeness (QED) is 0.378. The average Bonchev–Trinajstić information content (AvgIpc) is 3.29. The van der Waals surface area contributed by atoms with Crippen LogP contribution in [0.15, 0.2) is 71.8 Å². The van der Waals surface area contributed by atoms with E-state index < -0.39 is 0 Å². The van der Waals surface area contributed by atoms with Gasteiger partial charge in [-0.05, 0) is 46.7 Å². The van der Waals surface area contributed by atoms with E-state index in [1.165, 1.54) is 6.21 Å². The normalized spacial score (nSPS) is 11.0. The smallest absolute Gasteiger partial charge is 0.289 e. The first kappa shape index (κ1) is 19.2. The Morgan fingerprint density at radius 3 is 2.57 bits per heavy atom. The molecule has 4 rings (SSSR count). The zero-order valence-electron chi connectivity index (χ0n) is 16.5. The number of carbonyl (C=O) groups is 1. The predicted octanol–water partition coefficient (Wildman–Crippen LogP) is 4.01. The van der Waals surface area contributed by atoms with Gasteiger partial charge in [0, 0.05) is 5.56 Å². The Morgan fingerprint density at radius 2 is 1.77 bits per heavy atom. The second-order valence-corrected chi connectivity index (χ2v) is 6.54. The first-order valence-electron chi connectivity index (χ1n) is 9.28. The first-order valence-corrected chi connectivity index (χ1v) is 9.28.